The zero-order valence-corrected chi connectivity index (χ0v) is 13.4. The van der Waals surface area contributed by atoms with Gasteiger partial charge in [-0.2, -0.15) is 0 Å². The van der Waals surface area contributed by atoms with Crippen LogP contribution in [0.3, 0.4) is 0 Å². The van der Waals surface area contributed by atoms with Crippen molar-refractivity contribution in [2.24, 2.45) is 11.3 Å². The molecule has 20 heavy (non-hydrogen) atoms. The molecular formula is C17H29N3. The molecule has 0 amide bonds. The third-order valence-corrected chi connectivity index (χ3v) is 4.54. The van der Waals surface area contributed by atoms with Gasteiger partial charge in [-0.1, -0.05) is 20.8 Å². The van der Waals surface area contributed by atoms with E-state index in [9.17, 15) is 0 Å². The first-order valence-corrected chi connectivity index (χ1v) is 7.84. The number of aromatic nitrogens is 1. The van der Waals surface area contributed by atoms with E-state index in [1.807, 2.05) is 19.3 Å². The van der Waals surface area contributed by atoms with Gasteiger partial charge in [-0.25, -0.2) is 0 Å². The Balaban J connectivity index is 1.94. The van der Waals surface area contributed by atoms with Crippen LogP contribution >= 0.6 is 0 Å². The summed E-state index contributed by atoms with van der Waals surface area (Å²) in [6.45, 7) is 10.5. The molecule has 3 heteroatoms. The van der Waals surface area contributed by atoms with Crippen molar-refractivity contribution < 1.29 is 0 Å². The van der Waals surface area contributed by atoms with Crippen LogP contribution in [-0.4, -0.2) is 30.0 Å². The van der Waals surface area contributed by atoms with Crippen LogP contribution in [0.1, 0.15) is 45.7 Å². The smallest absolute Gasteiger partial charge is 0.0564 e. The molecule has 0 aliphatic carbocycles. The van der Waals surface area contributed by atoms with Gasteiger partial charge in [0.15, 0.2) is 0 Å². The van der Waals surface area contributed by atoms with Crippen molar-refractivity contribution in [3.05, 3.63) is 24.0 Å². The van der Waals surface area contributed by atoms with Crippen molar-refractivity contribution in [1.82, 2.24) is 9.88 Å². The van der Waals surface area contributed by atoms with Gasteiger partial charge < -0.3 is 5.32 Å². The summed E-state index contributed by atoms with van der Waals surface area (Å²) in [6, 6.07) is 4.17. The molecule has 1 aliphatic rings. The minimum atomic E-state index is 0.445. The molecule has 1 N–H and O–H groups in total. The Labute approximate surface area is 123 Å². The van der Waals surface area contributed by atoms with Gasteiger partial charge in [-0.15, -0.1) is 0 Å². The number of rotatable bonds is 3. The van der Waals surface area contributed by atoms with Gasteiger partial charge in [0.2, 0.25) is 0 Å². The highest BCUT2D eigenvalue weighted by Crippen LogP contribution is 2.34. The Morgan fingerprint density at radius 3 is 2.80 bits per heavy atom. The van der Waals surface area contributed by atoms with Crippen LogP contribution in [-0.2, 0) is 6.54 Å². The summed E-state index contributed by atoms with van der Waals surface area (Å²) >= 11 is 0. The minimum Gasteiger partial charge on any atom is -0.388 e. The van der Waals surface area contributed by atoms with Crippen LogP contribution in [0, 0.1) is 11.3 Å². The quantitative estimate of drug-likeness (QED) is 0.910. The summed E-state index contributed by atoms with van der Waals surface area (Å²) in [5.41, 5.74) is 2.77. The van der Waals surface area contributed by atoms with Gasteiger partial charge in [0, 0.05) is 25.5 Å². The van der Waals surface area contributed by atoms with Crippen LogP contribution in [0.25, 0.3) is 0 Å². The molecule has 1 aromatic heterocycles. The van der Waals surface area contributed by atoms with E-state index in [2.05, 4.69) is 42.0 Å². The standard InChI is InChI=1S/C17H29N3/c1-17(2,3)14-6-5-10-20(11-8-14)13-16-12-15(18-4)7-9-19-16/h7,9,12,14H,5-6,8,10-11,13H2,1-4H3,(H,18,19). The van der Waals surface area contributed by atoms with Gasteiger partial charge in [0.25, 0.3) is 0 Å². The van der Waals surface area contributed by atoms with Crippen molar-refractivity contribution in [1.29, 1.82) is 0 Å². The Kier molecular flexibility index (Phi) is 5.03. The van der Waals surface area contributed by atoms with Crippen LogP contribution in [0.2, 0.25) is 0 Å². The monoisotopic (exact) mass is 275 g/mol. The molecule has 1 aliphatic heterocycles. The predicted molar refractivity (Wildman–Crippen MR) is 85.9 cm³/mol. The fourth-order valence-electron chi connectivity index (χ4n) is 3.13. The maximum Gasteiger partial charge on any atom is 0.0564 e. The van der Waals surface area contributed by atoms with Crippen molar-refractivity contribution in [2.75, 3.05) is 25.5 Å². The first kappa shape index (κ1) is 15.3. The molecule has 2 heterocycles. The van der Waals surface area contributed by atoms with Gasteiger partial charge in [0.05, 0.1) is 5.69 Å². The van der Waals surface area contributed by atoms with E-state index < -0.39 is 0 Å². The van der Waals surface area contributed by atoms with Crippen LogP contribution in [0.15, 0.2) is 18.3 Å². The molecule has 0 bridgehead atoms. The predicted octanol–water partition coefficient (Wildman–Crippen LogP) is 3.77. The molecule has 1 unspecified atom stereocenters. The second-order valence-corrected chi connectivity index (χ2v) is 7.06. The molecule has 2 rings (SSSR count). The molecule has 1 fully saturated rings. The summed E-state index contributed by atoms with van der Waals surface area (Å²) < 4.78 is 0. The number of nitrogens with one attached hydrogen (secondary N) is 1. The highest BCUT2D eigenvalue weighted by Gasteiger charge is 2.27. The van der Waals surface area contributed by atoms with E-state index in [1.165, 1.54) is 38.0 Å². The third-order valence-electron chi connectivity index (χ3n) is 4.54. The van der Waals surface area contributed by atoms with Gasteiger partial charge in [-0.05, 0) is 55.8 Å². The lowest BCUT2D eigenvalue weighted by atomic mass is 9.77. The number of likely N-dealkylation sites (tertiary alicyclic amines) is 1. The summed E-state index contributed by atoms with van der Waals surface area (Å²) in [7, 11) is 1.96. The van der Waals surface area contributed by atoms with Gasteiger partial charge in [-0.3, -0.25) is 9.88 Å². The second kappa shape index (κ2) is 6.57. The number of hydrogen-bond acceptors (Lipinski definition) is 3. The molecular weight excluding hydrogens is 246 g/mol. The summed E-state index contributed by atoms with van der Waals surface area (Å²) in [6.07, 6.45) is 5.89. The second-order valence-electron chi connectivity index (χ2n) is 7.06. The lowest BCUT2D eigenvalue weighted by Gasteiger charge is -2.29. The molecule has 0 aromatic carbocycles. The van der Waals surface area contributed by atoms with Crippen LogP contribution < -0.4 is 5.32 Å². The SMILES string of the molecule is CNc1ccnc(CN2CCCC(C(C)(C)C)CC2)c1. The first-order chi connectivity index (χ1) is 9.49. The molecule has 0 radical (unpaired) electrons. The zero-order chi connectivity index (χ0) is 14.6. The largest absolute Gasteiger partial charge is 0.388 e. The summed E-state index contributed by atoms with van der Waals surface area (Å²) in [5, 5.41) is 3.19. The molecule has 0 saturated carbocycles. The number of nitrogens with zero attached hydrogens (tertiary/aromatic N) is 2. The van der Waals surface area contributed by atoms with E-state index in [4.69, 9.17) is 0 Å². The maximum atomic E-state index is 4.50. The average Bonchev–Trinajstić information content (AvgIpc) is 2.64. The normalized spacial score (nSPS) is 21.5. The van der Waals surface area contributed by atoms with Gasteiger partial charge >= 0.3 is 0 Å². The molecule has 1 atom stereocenters. The van der Waals surface area contributed by atoms with E-state index in [1.54, 1.807) is 0 Å². The molecule has 1 saturated heterocycles. The van der Waals surface area contributed by atoms with E-state index in [0.29, 0.717) is 5.41 Å². The molecule has 0 spiro atoms. The summed E-state index contributed by atoms with van der Waals surface area (Å²) in [4.78, 5) is 7.06. The van der Waals surface area contributed by atoms with Crippen molar-refractivity contribution in [3.8, 4) is 0 Å². The van der Waals surface area contributed by atoms with Crippen molar-refractivity contribution in [2.45, 2.75) is 46.6 Å². The van der Waals surface area contributed by atoms with Crippen molar-refractivity contribution in [3.63, 3.8) is 0 Å². The van der Waals surface area contributed by atoms with Crippen LogP contribution in [0.4, 0.5) is 5.69 Å². The Bertz CT molecular complexity index is 422. The lowest BCUT2D eigenvalue weighted by Crippen LogP contribution is -2.26. The fourth-order valence-corrected chi connectivity index (χ4v) is 3.13. The Morgan fingerprint density at radius 2 is 2.10 bits per heavy atom. The average molecular weight is 275 g/mol. The molecule has 1 aromatic rings. The molecule has 3 nitrogen and oxygen atoms in total. The van der Waals surface area contributed by atoms with Crippen LogP contribution in [0.5, 0.6) is 0 Å². The number of pyridine rings is 1. The first-order valence-electron chi connectivity index (χ1n) is 7.84. The maximum absolute atomic E-state index is 4.50. The highest BCUT2D eigenvalue weighted by molar-refractivity contribution is 5.42. The third kappa shape index (κ3) is 4.20. The topological polar surface area (TPSA) is 28.2 Å². The Hall–Kier alpha value is -1.09. The van der Waals surface area contributed by atoms with Crippen molar-refractivity contribution >= 4 is 5.69 Å². The summed E-state index contributed by atoms with van der Waals surface area (Å²) in [5.74, 6) is 0.851. The minimum absolute atomic E-state index is 0.445. The van der Waals surface area contributed by atoms with E-state index in [0.717, 1.165) is 18.2 Å². The van der Waals surface area contributed by atoms with Gasteiger partial charge in [0.1, 0.15) is 0 Å². The Morgan fingerprint density at radius 1 is 1.30 bits per heavy atom. The number of anilines is 1. The molecule has 112 valence electrons. The lowest BCUT2D eigenvalue weighted by molar-refractivity contribution is 0.206. The fraction of sp³-hybridized carbons (Fsp3) is 0.706. The highest BCUT2D eigenvalue weighted by atomic mass is 15.1. The van der Waals surface area contributed by atoms with E-state index >= 15 is 0 Å². The zero-order valence-electron chi connectivity index (χ0n) is 13.4. The number of hydrogen-bond donors (Lipinski definition) is 1. The van der Waals surface area contributed by atoms with E-state index in [-0.39, 0.29) is 0 Å².